The fourth-order valence-corrected chi connectivity index (χ4v) is 3.69. The van der Waals surface area contributed by atoms with Crippen molar-refractivity contribution in [2.75, 3.05) is 26.2 Å². The molecule has 2 aliphatic rings. The Morgan fingerprint density at radius 2 is 1.96 bits per heavy atom. The summed E-state index contributed by atoms with van der Waals surface area (Å²) in [7, 11) is 0. The number of halogens is 1. The highest BCUT2D eigenvalue weighted by atomic mass is 35.5. The zero-order chi connectivity index (χ0) is 15.4. The van der Waals surface area contributed by atoms with E-state index in [2.05, 4.69) is 34.2 Å². The van der Waals surface area contributed by atoms with E-state index in [9.17, 15) is 0 Å². The Morgan fingerprint density at radius 1 is 1.17 bits per heavy atom. The lowest BCUT2D eigenvalue weighted by atomic mass is 9.96. The van der Waals surface area contributed by atoms with E-state index in [1.54, 1.807) is 0 Å². The van der Waals surface area contributed by atoms with Gasteiger partial charge < -0.3 is 9.84 Å². The fourth-order valence-electron chi connectivity index (χ4n) is 3.69. The van der Waals surface area contributed by atoms with E-state index in [1.807, 2.05) is 0 Å². The Hall–Kier alpha value is -0.650. The van der Waals surface area contributed by atoms with Gasteiger partial charge in [0.2, 0.25) is 5.89 Å². The van der Waals surface area contributed by atoms with Gasteiger partial charge in [-0.25, -0.2) is 0 Å². The number of nitrogens with one attached hydrogen (secondary N) is 1. The van der Waals surface area contributed by atoms with Crippen LogP contribution in [-0.4, -0.2) is 41.2 Å². The molecule has 1 unspecified atom stereocenters. The topological polar surface area (TPSA) is 54.2 Å². The number of likely N-dealkylation sites (tertiary alicyclic amines) is 1. The van der Waals surface area contributed by atoms with Gasteiger partial charge in [-0.1, -0.05) is 31.8 Å². The van der Waals surface area contributed by atoms with Gasteiger partial charge in [-0.3, -0.25) is 4.90 Å². The number of piperidine rings is 1. The summed E-state index contributed by atoms with van der Waals surface area (Å²) in [6.45, 7) is 8.93. The van der Waals surface area contributed by atoms with Crippen LogP contribution in [0.5, 0.6) is 0 Å². The number of hydrogen-bond acceptors (Lipinski definition) is 5. The summed E-state index contributed by atoms with van der Waals surface area (Å²) in [6.07, 6.45) is 7.67. The molecule has 3 rings (SSSR count). The average Bonchev–Trinajstić information content (AvgIpc) is 2.90. The summed E-state index contributed by atoms with van der Waals surface area (Å²) in [6, 6.07) is 0.355. The quantitative estimate of drug-likeness (QED) is 0.907. The van der Waals surface area contributed by atoms with Crippen molar-refractivity contribution < 1.29 is 4.52 Å². The maximum atomic E-state index is 5.46. The first-order valence-corrected chi connectivity index (χ1v) is 9.02. The molecule has 2 fully saturated rings. The zero-order valence-electron chi connectivity index (χ0n) is 14.5. The second-order valence-corrected chi connectivity index (χ2v) is 7.20. The monoisotopic (exact) mass is 342 g/mol. The number of hydrogen-bond donors (Lipinski definition) is 1. The van der Waals surface area contributed by atoms with Crippen molar-refractivity contribution in [2.24, 2.45) is 5.92 Å². The summed E-state index contributed by atoms with van der Waals surface area (Å²) in [5.74, 6) is 2.82. The molecule has 0 bridgehead atoms. The van der Waals surface area contributed by atoms with Crippen molar-refractivity contribution in [1.82, 2.24) is 20.4 Å². The predicted molar refractivity (Wildman–Crippen MR) is 94.0 cm³/mol. The van der Waals surface area contributed by atoms with Crippen molar-refractivity contribution in [1.29, 1.82) is 0 Å². The van der Waals surface area contributed by atoms with Gasteiger partial charge in [-0.2, -0.15) is 4.98 Å². The van der Waals surface area contributed by atoms with E-state index >= 15 is 0 Å². The van der Waals surface area contributed by atoms with Gasteiger partial charge in [0, 0.05) is 12.5 Å². The molecule has 0 aliphatic carbocycles. The highest BCUT2D eigenvalue weighted by Crippen LogP contribution is 2.31. The van der Waals surface area contributed by atoms with E-state index in [0.29, 0.717) is 12.0 Å². The number of aromatic nitrogens is 2. The molecule has 0 aromatic carbocycles. The van der Waals surface area contributed by atoms with Crippen LogP contribution < -0.4 is 5.32 Å². The van der Waals surface area contributed by atoms with E-state index in [-0.39, 0.29) is 12.4 Å². The van der Waals surface area contributed by atoms with Crippen LogP contribution in [0.1, 0.15) is 76.0 Å². The van der Waals surface area contributed by atoms with Gasteiger partial charge in [-0.05, 0) is 51.2 Å². The highest BCUT2D eigenvalue weighted by molar-refractivity contribution is 5.85. The molecular formula is C17H31ClN4O. The number of rotatable bonds is 4. The molecule has 0 radical (unpaired) electrons. The Labute approximate surface area is 146 Å². The lowest BCUT2D eigenvalue weighted by Crippen LogP contribution is -2.38. The van der Waals surface area contributed by atoms with Gasteiger partial charge in [-0.15, -0.1) is 12.4 Å². The second kappa shape index (κ2) is 9.00. The molecule has 1 aromatic rings. The minimum Gasteiger partial charge on any atom is -0.339 e. The lowest BCUT2D eigenvalue weighted by Gasteiger charge is -2.33. The molecule has 2 saturated heterocycles. The molecule has 3 heterocycles. The predicted octanol–water partition coefficient (Wildman–Crippen LogP) is 3.53. The van der Waals surface area contributed by atoms with Crippen molar-refractivity contribution in [2.45, 2.75) is 64.3 Å². The second-order valence-electron chi connectivity index (χ2n) is 7.20. The largest absolute Gasteiger partial charge is 0.339 e. The van der Waals surface area contributed by atoms with Crippen LogP contribution in [0.25, 0.3) is 0 Å². The molecule has 0 spiro atoms. The minimum atomic E-state index is 0. The van der Waals surface area contributed by atoms with Crippen molar-refractivity contribution in [3.63, 3.8) is 0 Å². The third-order valence-electron chi connectivity index (χ3n) is 5.06. The van der Waals surface area contributed by atoms with Crippen LogP contribution in [0.2, 0.25) is 0 Å². The standard InChI is InChI=1S/C17H30N4O.ClH/c1-13(2)17-19-16(20-22-17)15-6-4-3-5-11-21(15)12-14-7-9-18-10-8-14;/h13-15,18H,3-12H2,1-2H3;1H. The Kier molecular flexibility index (Phi) is 7.31. The minimum absolute atomic E-state index is 0. The smallest absolute Gasteiger partial charge is 0.229 e. The average molecular weight is 343 g/mol. The van der Waals surface area contributed by atoms with Crippen LogP contribution in [0.15, 0.2) is 4.52 Å². The van der Waals surface area contributed by atoms with Crippen molar-refractivity contribution in [3.05, 3.63) is 11.7 Å². The third-order valence-corrected chi connectivity index (χ3v) is 5.06. The molecule has 132 valence electrons. The molecule has 0 saturated carbocycles. The SMILES string of the molecule is CC(C)c1nc(C2CCCCCN2CC2CCNCC2)no1.Cl. The molecule has 1 atom stereocenters. The molecule has 5 nitrogen and oxygen atoms in total. The Bertz CT molecular complexity index is 459. The summed E-state index contributed by atoms with van der Waals surface area (Å²) < 4.78 is 5.46. The molecule has 2 aliphatic heterocycles. The van der Waals surface area contributed by atoms with Crippen molar-refractivity contribution in [3.8, 4) is 0 Å². The van der Waals surface area contributed by atoms with E-state index in [4.69, 9.17) is 4.52 Å². The van der Waals surface area contributed by atoms with Crippen LogP contribution >= 0.6 is 12.4 Å². The van der Waals surface area contributed by atoms with E-state index in [1.165, 1.54) is 64.7 Å². The molecule has 0 amide bonds. The maximum absolute atomic E-state index is 5.46. The van der Waals surface area contributed by atoms with E-state index in [0.717, 1.165) is 17.6 Å². The van der Waals surface area contributed by atoms with Crippen LogP contribution in [-0.2, 0) is 0 Å². The molecule has 6 heteroatoms. The summed E-state index contributed by atoms with van der Waals surface area (Å²) in [5, 5.41) is 7.77. The van der Waals surface area contributed by atoms with Crippen molar-refractivity contribution >= 4 is 12.4 Å². The summed E-state index contributed by atoms with van der Waals surface area (Å²) in [4.78, 5) is 7.32. The van der Waals surface area contributed by atoms with E-state index < -0.39 is 0 Å². The Balaban J connectivity index is 0.00000192. The van der Waals surface area contributed by atoms with Gasteiger partial charge >= 0.3 is 0 Å². The summed E-state index contributed by atoms with van der Waals surface area (Å²) in [5.41, 5.74) is 0. The first kappa shape index (κ1) is 18.7. The van der Waals surface area contributed by atoms with Gasteiger partial charge in [0.25, 0.3) is 0 Å². The number of nitrogens with zero attached hydrogens (tertiary/aromatic N) is 3. The molecule has 23 heavy (non-hydrogen) atoms. The van der Waals surface area contributed by atoms with Crippen LogP contribution in [0, 0.1) is 5.92 Å². The Morgan fingerprint density at radius 3 is 2.65 bits per heavy atom. The zero-order valence-corrected chi connectivity index (χ0v) is 15.3. The van der Waals surface area contributed by atoms with Gasteiger partial charge in [0.05, 0.1) is 6.04 Å². The third kappa shape index (κ3) is 4.91. The normalized spacial score (nSPS) is 24.4. The fraction of sp³-hybridized carbons (Fsp3) is 0.882. The molecule has 1 N–H and O–H groups in total. The van der Waals surface area contributed by atoms with Crippen LogP contribution in [0.4, 0.5) is 0 Å². The molecule has 1 aromatic heterocycles. The first-order valence-electron chi connectivity index (χ1n) is 9.02. The van der Waals surface area contributed by atoms with Crippen LogP contribution in [0.3, 0.4) is 0 Å². The maximum Gasteiger partial charge on any atom is 0.229 e. The van der Waals surface area contributed by atoms with Gasteiger partial charge in [0.15, 0.2) is 5.82 Å². The highest BCUT2D eigenvalue weighted by Gasteiger charge is 2.29. The lowest BCUT2D eigenvalue weighted by molar-refractivity contribution is 0.146. The summed E-state index contributed by atoms with van der Waals surface area (Å²) >= 11 is 0. The molecular weight excluding hydrogens is 312 g/mol. The van der Waals surface area contributed by atoms with Gasteiger partial charge in [0.1, 0.15) is 0 Å². The first-order chi connectivity index (χ1) is 10.7.